The number of terminal acetylenes is 1. The maximum Gasteiger partial charge on any atom is 0.296 e. The number of nitrogens with zero attached hydrogens (tertiary/aromatic N) is 6. The van der Waals surface area contributed by atoms with Crippen molar-refractivity contribution in [2.24, 2.45) is 18.9 Å². The number of rotatable bonds is 5. The summed E-state index contributed by atoms with van der Waals surface area (Å²) in [7, 11) is 1.88. The standard InChI is InChI=1S/C29H28N8O/c1-4-26(38)35-29(2)10-18-5-6-19(11-29)27(18)34-25-8-7-20(13-31-25)24-9-21(23-15-32-36(3)16-23)17-37-28(24)22(12-30)14-33-37/h1,7-9,13-19,27H,5-6,10-11H2,2-3H3,(H,31,34)(H,35,38). The lowest BCUT2D eigenvalue weighted by molar-refractivity contribution is -0.118. The van der Waals surface area contributed by atoms with Crippen LogP contribution >= 0.6 is 0 Å². The van der Waals surface area contributed by atoms with Crippen molar-refractivity contribution in [3.8, 4) is 40.7 Å². The molecule has 38 heavy (non-hydrogen) atoms. The van der Waals surface area contributed by atoms with Gasteiger partial charge in [0.15, 0.2) is 0 Å². The first-order valence-electron chi connectivity index (χ1n) is 12.8. The lowest BCUT2D eigenvalue weighted by atomic mass is 9.73. The van der Waals surface area contributed by atoms with Crippen LogP contribution in [0.4, 0.5) is 5.82 Å². The van der Waals surface area contributed by atoms with Gasteiger partial charge in [0.1, 0.15) is 11.9 Å². The highest BCUT2D eigenvalue weighted by Gasteiger charge is 2.48. The topological polar surface area (TPSA) is 113 Å². The first-order valence-corrected chi connectivity index (χ1v) is 12.8. The minimum atomic E-state index is -0.338. The zero-order valence-electron chi connectivity index (χ0n) is 21.3. The maximum atomic E-state index is 11.8. The molecule has 9 heteroatoms. The predicted molar refractivity (Wildman–Crippen MR) is 144 cm³/mol. The molecule has 4 heterocycles. The Morgan fingerprint density at radius 2 is 1.89 bits per heavy atom. The summed E-state index contributed by atoms with van der Waals surface area (Å²) in [4.78, 5) is 16.6. The Hall–Kier alpha value is -4.63. The molecule has 9 nitrogen and oxygen atoms in total. The minimum Gasteiger partial charge on any atom is -0.367 e. The fourth-order valence-electron chi connectivity index (χ4n) is 6.48. The molecule has 2 fully saturated rings. The Morgan fingerprint density at radius 1 is 1.11 bits per heavy atom. The molecule has 0 radical (unpaired) electrons. The summed E-state index contributed by atoms with van der Waals surface area (Å²) in [6.07, 6.45) is 18.4. The number of carbonyl (C=O) groups is 1. The van der Waals surface area contributed by atoms with Gasteiger partial charge in [-0.15, -0.1) is 6.42 Å². The van der Waals surface area contributed by atoms with Gasteiger partial charge in [0.2, 0.25) is 0 Å². The van der Waals surface area contributed by atoms with Crippen LogP contribution in [-0.4, -0.2) is 41.9 Å². The van der Waals surface area contributed by atoms with Crippen LogP contribution < -0.4 is 10.6 Å². The van der Waals surface area contributed by atoms with Crippen molar-refractivity contribution in [1.29, 1.82) is 5.26 Å². The third kappa shape index (κ3) is 4.16. The second kappa shape index (κ2) is 9.04. The van der Waals surface area contributed by atoms with Crippen LogP contribution in [0.15, 0.2) is 49.2 Å². The second-order valence-electron chi connectivity index (χ2n) is 10.8. The number of nitriles is 1. The number of aromatic nitrogens is 5. The molecule has 0 aromatic carbocycles. The van der Waals surface area contributed by atoms with Crippen molar-refractivity contribution in [3.63, 3.8) is 0 Å². The van der Waals surface area contributed by atoms with E-state index in [1.807, 2.05) is 44.0 Å². The summed E-state index contributed by atoms with van der Waals surface area (Å²) in [5.74, 6) is 3.55. The molecule has 4 aromatic rings. The lowest BCUT2D eigenvalue weighted by Crippen LogP contribution is -2.53. The van der Waals surface area contributed by atoms with Crippen molar-refractivity contribution < 1.29 is 4.79 Å². The predicted octanol–water partition coefficient (Wildman–Crippen LogP) is 3.78. The number of fused-ring (bicyclic) bond motifs is 3. The Kier molecular flexibility index (Phi) is 5.65. The largest absolute Gasteiger partial charge is 0.367 e. The van der Waals surface area contributed by atoms with Gasteiger partial charge in [-0.3, -0.25) is 9.48 Å². The summed E-state index contributed by atoms with van der Waals surface area (Å²) in [6.45, 7) is 2.10. The third-order valence-corrected chi connectivity index (χ3v) is 8.06. The molecule has 2 unspecified atom stereocenters. The molecule has 2 bridgehead atoms. The van der Waals surface area contributed by atoms with Crippen LogP contribution in [0.25, 0.3) is 27.8 Å². The van der Waals surface area contributed by atoms with Gasteiger partial charge in [-0.1, -0.05) is 0 Å². The number of nitrogens with one attached hydrogen (secondary N) is 2. The van der Waals surface area contributed by atoms with E-state index >= 15 is 0 Å². The molecular weight excluding hydrogens is 476 g/mol. The van der Waals surface area contributed by atoms with E-state index < -0.39 is 0 Å². The minimum absolute atomic E-state index is 0.265. The van der Waals surface area contributed by atoms with E-state index in [4.69, 9.17) is 11.4 Å². The summed E-state index contributed by atoms with van der Waals surface area (Å²) in [5, 5.41) is 25.1. The maximum absolute atomic E-state index is 11.8. The lowest BCUT2D eigenvalue weighted by Gasteiger charge is -2.43. The van der Waals surface area contributed by atoms with E-state index in [2.05, 4.69) is 45.8 Å². The fourth-order valence-corrected chi connectivity index (χ4v) is 6.48. The van der Waals surface area contributed by atoms with Crippen molar-refractivity contribution in [1.82, 2.24) is 29.7 Å². The van der Waals surface area contributed by atoms with Gasteiger partial charge in [-0.05, 0) is 68.6 Å². The molecule has 4 aromatic heterocycles. The van der Waals surface area contributed by atoms with Gasteiger partial charge in [0, 0.05) is 59.5 Å². The SMILES string of the molecule is C#CC(=O)NC1(C)CC2CCC(C1)C2Nc1ccc(-c2cc(-c3cnn(C)c3)cn3ncc(C#N)c23)cn1. The van der Waals surface area contributed by atoms with Crippen LogP contribution in [-0.2, 0) is 11.8 Å². The van der Waals surface area contributed by atoms with Crippen molar-refractivity contribution >= 4 is 17.2 Å². The molecule has 0 spiro atoms. The average molecular weight is 505 g/mol. The molecular formula is C29H28N8O. The molecule has 0 aliphatic heterocycles. The molecule has 6 rings (SSSR count). The number of hydrogen-bond donors (Lipinski definition) is 2. The van der Waals surface area contributed by atoms with Crippen LogP contribution in [0.1, 0.15) is 38.2 Å². The van der Waals surface area contributed by atoms with Gasteiger partial charge < -0.3 is 10.6 Å². The zero-order chi connectivity index (χ0) is 26.4. The Balaban J connectivity index is 1.27. The third-order valence-electron chi connectivity index (χ3n) is 8.06. The summed E-state index contributed by atoms with van der Waals surface area (Å²) < 4.78 is 3.51. The monoisotopic (exact) mass is 504 g/mol. The average Bonchev–Trinajstić information content (AvgIpc) is 3.60. The zero-order valence-corrected chi connectivity index (χ0v) is 21.3. The second-order valence-corrected chi connectivity index (χ2v) is 10.8. The van der Waals surface area contributed by atoms with E-state index in [1.165, 1.54) is 0 Å². The first-order chi connectivity index (χ1) is 18.4. The number of amides is 1. The highest BCUT2D eigenvalue weighted by atomic mass is 16.1. The molecule has 0 saturated heterocycles. The normalized spacial score (nSPS) is 24.1. The Labute approximate surface area is 220 Å². The van der Waals surface area contributed by atoms with Crippen LogP contribution in [0, 0.1) is 35.5 Å². The first kappa shape index (κ1) is 23.7. The fraction of sp³-hybridized carbons (Fsp3) is 0.345. The molecule has 190 valence electrons. The molecule has 2 aliphatic carbocycles. The van der Waals surface area contributed by atoms with E-state index in [1.54, 1.807) is 15.4 Å². The molecule has 2 atom stereocenters. The summed E-state index contributed by atoms with van der Waals surface area (Å²) in [6, 6.07) is 8.66. The number of pyridine rings is 2. The van der Waals surface area contributed by atoms with Gasteiger partial charge in [0.25, 0.3) is 5.91 Å². The highest BCUT2D eigenvalue weighted by Crippen LogP contribution is 2.47. The number of hydrogen-bond acceptors (Lipinski definition) is 6. The van der Waals surface area contributed by atoms with E-state index in [0.29, 0.717) is 23.4 Å². The van der Waals surface area contributed by atoms with Crippen LogP contribution in [0.2, 0.25) is 0 Å². The van der Waals surface area contributed by atoms with Gasteiger partial charge in [-0.2, -0.15) is 15.5 Å². The molecule has 2 N–H and O–H groups in total. The molecule has 2 saturated carbocycles. The van der Waals surface area contributed by atoms with E-state index in [0.717, 1.165) is 59.3 Å². The Bertz CT molecular complexity index is 1600. The van der Waals surface area contributed by atoms with Crippen LogP contribution in [0.5, 0.6) is 0 Å². The van der Waals surface area contributed by atoms with Crippen LogP contribution in [0.3, 0.4) is 0 Å². The number of aryl methyl sites for hydroxylation is 1. The quantitative estimate of drug-likeness (QED) is 0.400. The summed E-state index contributed by atoms with van der Waals surface area (Å²) in [5.41, 5.74) is 4.71. The van der Waals surface area contributed by atoms with E-state index in [-0.39, 0.29) is 11.4 Å². The van der Waals surface area contributed by atoms with Gasteiger partial charge in [0.05, 0.1) is 23.5 Å². The van der Waals surface area contributed by atoms with Crippen molar-refractivity contribution in [2.45, 2.75) is 44.2 Å². The van der Waals surface area contributed by atoms with E-state index in [9.17, 15) is 10.1 Å². The molecule has 2 aliphatic rings. The van der Waals surface area contributed by atoms with Crippen molar-refractivity contribution in [2.75, 3.05) is 5.32 Å². The number of anilines is 1. The van der Waals surface area contributed by atoms with Crippen molar-refractivity contribution in [3.05, 3.63) is 54.7 Å². The highest BCUT2D eigenvalue weighted by molar-refractivity contribution is 5.93. The van der Waals surface area contributed by atoms with Gasteiger partial charge >= 0.3 is 0 Å². The smallest absolute Gasteiger partial charge is 0.296 e. The number of carbonyl (C=O) groups excluding carboxylic acids is 1. The summed E-state index contributed by atoms with van der Waals surface area (Å²) >= 11 is 0. The molecule has 1 amide bonds. The van der Waals surface area contributed by atoms with Gasteiger partial charge in [-0.25, -0.2) is 9.50 Å². The Morgan fingerprint density at radius 3 is 2.53 bits per heavy atom.